The third-order valence-corrected chi connectivity index (χ3v) is 4.60. The van der Waals surface area contributed by atoms with E-state index in [4.69, 9.17) is 10.00 Å². The summed E-state index contributed by atoms with van der Waals surface area (Å²) in [5.41, 5.74) is 3.90. The molecule has 3 aromatic rings. The van der Waals surface area contributed by atoms with Gasteiger partial charge in [0.2, 0.25) is 0 Å². The van der Waals surface area contributed by atoms with Crippen LogP contribution in [0.25, 0.3) is 11.3 Å². The second-order valence-corrected chi connectivity index (χ2v) is 7.03. The zero-order valence-electron chi connectivity index (χ0n) is 15.3. The molecule has 0 aliphatic rings. The van der Waals surface area contributed by atoms with Crippen molar-refractivity contribution in [1.82, 2.24) is 10.3 Å². The van der Waals surface area contributed by atoms with Gasteiger partial charge in [0, 0.05) is 16.6 Å². The largest absolute Gasteiger partial charge is 0.479 e. The van der Waals surface area contributed by atoms with Gasteiger partial charge in [-0.05, 0) is 48.9 Å². The number of nitrogens with zero attached hydrogens (tertiary/aromatic N) is 2. The van der Waals surface area contributed by atoms with Crippen molar-refractivity contribution in [1.29, 1.82) is 5.26 Å². The smallest absolute Gasteiger partial charge is 0.253 e. The van der Waals surface area contributed by atoms with E-state index in [1.807, 2.05) is 55.5 Å². The highest BCUT2D eigenvalue weighted by molar-refractivity contribution is 9.10. The quantitative estimate of drug-likeness (QED) is 0.611. The van der Waals surface area contributed by atoms with Gasteiger partial charge in [-0.25, -0.2) is 0 Å². The number of rotatable bonds is 6. The molecule has 140 valence electrons. The second-order valence-electron chi connectivity index (χ2n) is 6.12. The summed E-state index contributed by atoms with van der Waals surface area (Å²) in [4.78, 5) is 17.1. The fourth-order valence-corrected chi connectivity index (χ4v) is 3.15. The lowest BCUT2D eigenvalue weighted by Gasteiger charge is -2.10. The Balaban J connectivity index is 1.69. The van der Waals surface area contributed by atoms with Crippen molar-refractivity contribution < 1.29 is 9.53 Å². The van der Waals surface area contributed by atoms with Gasteiger partial charge >= 0.3 is 0 Å². The van der Waals surface area contributed by atoms with E-state index in [1.54, 1.807) is 18.2 Å². The molecule has 1 heterocycles. The van der Waals surface area contributed by atoms with E-state index < -0.39 is 0 Å². The number of amides is 1. The van der Waals surface area contributed by atoms with Crippen LogP contribution in [-0.2, 0) is 6.54 Å². The Morgan fingerprint density at radius 1 is 1.18 bits per heavy atom. The molecule has 1 amide bonds. The number of halogens is 1. The highest BCUT2D eigenvalue weighted by atomic mass is 79.9. The van der Waals surface area contributed by atoms with Gasteiger partial charge in [-0.15, -0.1) is 0 Å². The minimum absolute atomic E-state index is 0.00892. The minimum atomic E-state index is -0.186. The lowest BCUT2D eigenvalue weighted by atomic mass is 10.1. The number of ether oxygens (including phenoxy) is 1. The third kappa shape index (κ3) is 4.96. The summed E-state index contributed by atoms with van der Waals surface area (Å²) >= 11 is 3.46. The Morgan fingerprint density at radius 2 is 2.00 bits per heavy atom. The lowest BCUT2D eigenvalue weighted by molar-refractivity contribution is 0.0950. The van der Waals surface area contributed by atoms with Crippen LogP contribution in [0.15, 0.2) is 65.1 Å². The van der Waals surface area contributed by atoms with Gasteiger partial charge in [0.15, 0.2) is 6.61 Å². The van der Waals surface area contributed by atoms with Crippen molar-refractivity contribution >= 4 is 21.8 Å². The maximum atomic E-state index is 12.6. The molecule has 0 atom stereocenters. The minimum Gasteiger partial charge on any atom is -0.479 e. The van der Waals surface area contributed by atoms with Crippen LogP contribution in [0.1, 0.15) is 21.6 Å². The van der Waals surface area contributed by atoms with E-state index in [0.717, 1.165) is 21.3 Å². The first-order valence-corrected chi connectivity index (χ1v) is 9.46. The molecule has 0 aliphatic heterocycles. The molecule has 3 rings (SSSR count). The normalized spacial score (nSPS) is 10.2. The lowest BCUT2D eigenvalue weighted by Crippen LogP contribution is -2.24. The number of benzene rings is 2. The van der Waals surface area contributed by atoms with Crippen molar-refractivity contribution in [2.45, 2.75) is 13.5 Å². The number of aromatic nitrogens is 1. The highest BCUT2D eigenvalue weighted by Crippen LogP contribution is 2.22. The molecular formula is C22H18BrN3O2. The number of carbonyl (C=O) groups excluding carboxylic acids is 1. The Kier molecular flexibility index (Phi) is 6.41. The van der Waals surface area contributed by atoms with Crippen LogP contribution in [-0.4, -0.2) is 17.5 Å². The first-order chi connectivity index (χ1) is 13.6. The molecule has 0 unspecified atom stereocenters. The van der Waals surface area contributed by atoms with Gasteiger partial charge < -0.3 is 10.1 Å². The van der Waals surface area contributed by atoms with Crippen LogP contribution in [0.3, 0.4) is 0 Å². The highest BCUT2D eigenvalue weighted by Gasteiger charge is 2.11. The fourth-order valence-electron chi connectivity index (χ4n) is 2.75. The van der Waals surface area contributed by atoms with E-state index in [9.17, 15) is 4.79 Å². The van der Waals surface area contributed by atoms with Gasteiger partial charge in [0.1, 0.15) is 11.8 Å². The Hall–Kier alpha value is -3.17. The van der Waals surface area contributed by atoms with Gasteiger partial charge in [0.25, 0.3) is 5.91 Å². The summed E-state index contributed by atoms with van der Waals surface area (Å²) in [7, 11) is 0. The maximum Gasteiger partial charge on any atom is 0.253 e. The predicted octanol–water partition coefficient (Wildman–Crippen LogP) is 4.65. The molecule has 0 fully saturated rings. The molecule has 6 heteroatoms. The predicted molar refractivity (Wildman–Crippen MR) is 111 cm³/mol. The molecular weight excluding hydrogens is 418 g/mol. The number of pyridine rings is 1. The molecule has 0 radical (unpaired) electrons. The zero-order valence-corrected chi connectivity index (χ0v) is 16.9. The standard InChI is InChI=1S/C22H18BrN3O2/c1-15-20(8-9-21(26-15)17-5-3-6-18(23)13-17)22(27)25-14-16-4-2-7-19(12-16)28-11-10-24/h2-9,12-13H,11,14H2,1H3,(H,25,27). The summed E-state index contributed by atoms with van der Waals surface area (Å²) in [5.74, 6) is 0.415. The van der Waals surface area contributed by atoms with E-state index in [-0.39, 0.29) is 12.5 Å². The van der Waals surface area contributed by atoms with Crippen molar-refractivity contribution in [2.75, 3.05) is 6.61 Å². The van der Waals surface area contributed by atoms with Crippen LogP contribution in [0.5, 0.6) is 5.75 Å². The van der Waals surface area contributed by atoms with Crippen LogP contribution in [0, 0.1) is 18.3 Å². The van der Waals surface area contributed by atoms with E-state index in [0.29, 0.717) is 23.6 Å². The first kappa shape index (κ1) is 19.6. The molecule has 2 aromatic carbocycles. The van der Waals surface area contributed by atoms with Crippen LogP contribution < -0.4 is 10.1 Å². The average Bonchev–Trinajstić information content (AvgIpc) is 2.70. The Labute approximate surface area is 172 Å². The average molecular weight is 436 g/mol. The van der Waals surface area contributed by atoms with E-state index in [1.165, 1.54) is 0 Å². The molecule has 0 saturated carbocycles. The molecule has 0 bridgehead atoms. The van der Waals surface area contributed by atoms with Gasteiger partial charge in [0.05, 0.1) is 17.0 Å². The SMILES string of the molecule is Cc1nc(-c2cccc(Br)c2)ccc1C(=O)NCc1cccc(OCC#N)c1. The summed E-state index contributed by atoms with van der Waals surface area (Å²) in [6.45, 7) is 2.17. The molecule has 1 N–H and O–H groups in total. The van der Waals surface area contributed by atoms with E-state index in [2.05, 4.69) is 26.2 Å². The molecule has 28 heavy (non-hydrogen) atoms. The topological polar surface area (TPSA) is 75.0 Å². The summed E-state index contributed by atoms with van der Waals surface area (Å²) < 4.78 is 6.26. The number of nitriles is 1. The van der Waals surface area contributed by atoms with Crippen molar-refractivity contribution in [3.8, 4) is 23.1 Å². The number of hydrogen-bond acceptors (Lipinski definition) is 4. The van der Waals surface area contributed by atoms with Gasteiger partial charge in [-0.3, -0.25) is 9.78 Å². The first-order valence-electron chi connectivity index (χ1n) is 8.67. The number of carbonyl (C=O) groups is 1. The Bertz CT molecular complexity index is 1040. The number of aryl methyl sites for hydroxylation is 1. The summed E-state index contributed by atoms with van der Waals surface area (Å²) in [6.07, 6.45) is 0. The molecule has 0 aliphatic carbocycles. The van der Waals surface area contributed by atoms with Crippen LogP contribution >= 0.6 is 15.9 Å². The molecule has 5 nitrogen and oxygen atoms in total. The van der Waals surface area contributed by atoms with Gasteiger partial charge in [-0.2, -0.15) is 5.26 Å². The summed E-state index contributed by atoms with van der Waals surface area (Å²) in [5, 5.41) is 11.5. The maximum absolute atomic E-state index is 12.6. The van der Waals surface area contributed by atoms with Crippen molar-refractivity contribution in [2.24, 2.45) is 0 Å². The summed E-state index contributed by atoms with van der Waals surface area (Å²) in [6, 6.07) is 20.7. The number of nitrogens with one attached hydrogen (secondary N) is 1. The molecule has 1 aromatic heterocycles. The third-order valence-electron chi connectivity index (χ3n) is 4.11. The Morgan fingerprint density at radius 3 is 2.75 bits per heavy atom. The van der Waals surface area contributed by atoms with E-state index >= 15 is 0 Å². The number of hydrogen-bond donors (Lipinski definition) is 1. The fraction of sp³-hybridized carbons (Fsp3) is 0.136. The second kappa shape index (κ2) is 9.16. The van der Waals surface area contributed by atoms with Crippen LogP contribution in [0.2, 0.25) is 0 Å². The monoisotopic (exact) mass is 435 g/mol. The molecule has 0 saturated heterocycles. The zero-order chi connectivity index (χ0) is 19.9. The van der Waals surface area contributed by atoms with Gasteiger partial charge in [-0.1, -0.05) is 40.2 Å². The van der Waals surface area contributed by atoms with Crippen LogP contribution in [0.4, 0.5) is 0 Å². The van der Waals surface area contributed by atoms with Crippen molar-refractivity contribution in [3.63, 3.8) is 0 Å². The van der Waals surface area contributed by atoms with Crippen molar-refractivity contribution in [3.05, 3.63) is 82.0 Å². The molecule has 0 spiro atoms.